The molecular formula is C21H29N3O. The fourth-order valence-corrected chi connectivity index (χ4v) is 2.67. The van der Waals surface area contributed by atoms with E-state index < -0.39 is 0 Å². The standard InChI is InChI=1S/C21H29N3O/c1-16-8-10-20(11-9-16)17(2)13-23-21(22-3)24-14-18-6-5-7-19(12-18)15-25-4/h5-12,17H,13-15H2,1-4H3,(H2,22,23,24). The van der Waals surface area contributed by atoms with Crippen LogP contribution in [0.5, 0.6) is 0 Å². The number of rotatable bonds is 7. The monoisotopic (exact) mass is 339 g/mol. The number of ether oxygens (including phenoxy) is 1. The van der Waals surface area contributed by atoms with E-state index in [1.165, 1.54) is 22.3 Å². The number of hydrogen-bond donors (Lipinski definition) is 2. The normalized spacial score (nSPS) is 12.7. The van der Waals surface area contributed by atoms with E-state index in [-0.39, 0.29) is 0 Å². The lowest BCUT2D eigenvalue weighted by Crippen LogP contribution is -2.38. The highest BCUT2D eigenvalue weighted by Crippen LogP contribution is 2.14. The fraction of sp³-hybridized carbons (Fsp3) is 0.381. The van der Waals surface area contributed by atoms with Crippen LogP contribution in [0.4, 0.5) is 0 Å². The molecule has 0 bridgehead atoms. The first kappa shape index (κ1) is 19.0. The van der Waals surface area contributed by atoms with E-state index in [9.17, 15) is 0 Å². The zero-order valence-electron chi connectivity index (χ0n) is 15.7. The molecule has 0 fully saturated rings. The molecule has 25 heavy (non-hydrogen) atoms. The molecular weight excluding hydrogens is 310 g/mol. The number of nitrogens with zero attached hydrogens (tertiary/aromatic N) is 1. The number of nitrogens with one attached hydrogen (secondary N) is 2. The maximum Gasteiger partial charge on any atom is 0.191 e. The zero-order valence-corrected chi connectivity index (χ0v) is 15.7. The molecule has 0 aliphatic rings. The van der Waals surface area contributed by atoms with Crippen molar-refractivity contribution in [3.63, 3.8) is 0 Å². The predicted octanol–water partition coefficient (Wildman–Crippen LogP) is 3.61. The van der Waals surface area contributed by atoms with Gasteiger partial charge in [-0.15, -0.1) is 0 Å². The Bertz CT molecular complexity index is 680. The Morgan fingerprint density at radius 2 is 1.80 bits per heavy atom. The van der Waals surface area contributed by atoms with Crippen LogP contribution >= 0.6 is 0 Å². The molecule has 0 amide bonds. The zero-order chi connectivity index (χ0) is 18.1. The van der Waals surface area contributed by atoms with Crippen LogP contribution in [0.2, 0.25) is 0 Å². The van der Waals surface area contributed by atoms with Crippen LogP contribution in [0, 0.1) is 6.92 Å². The van der Waals surface area contributed by atoms with Crippen LogP contribution in [0.3, 0.4) is 0 Å². The minimum atomic E-state index is 0.421. The highest BCUT2D eigenvalue weighted by molar-refractivity contribution is 5.79. The summed E-state index contributed by atoms with van der Waals surface area (Å²) in [6, 6.07) is 17.1. The van der Waals surface area contributed by atoms with Gasteiger partial charge in [-0.3, -0.25) is 4.99 Å². The van der Waals surface area contributed by atoms with E-state index in [4.69, 9.17) is 4.74 Å². The third kappa shape index (κ3) is 6.24. The maximum absolute atomic E-state index is 5.19. The first-order valence-electron chi connectivity index (χ1n) is 8.70. The van der Waals surface area contributed by atoms with E-state index in [0.717, 1.165) is 19.0 Å². The van der Waals surface area contributed by atoms with Crippen molar-refractivity contribution in [1.82, 2.24) is 10.6 Å². The Morgan fingerprint density at radius 1 is 1.08 bits per heavy atom. The van der Waals surface area contributed by atoms with Crippen molar-refractivity contribution in [2.24, 2.45) is 4.99 Å². The van der Waals surface area contributed by atoms with Crippen LogP contribution in [0.25, 0.3) is 0 Å². The molecule has 2 rings (SSSR count). The third-order valence-electron chi connectivity index (χ3n) is 4.21. The van der Waals surface area contributed by atoms with Crippen molar-refractivity contribution in [1.29, 1.82) is 0 Å². The van der Waals surface area contributed by atoms with Gasteiger partial charge in [0.1, 0.15) is 0 Å². The molecule has 0 spiro atoms. The lowest BCUT2D eigenvalue weighted by Gasteiger charge is -2.17. The van der Waals surface area contributed by atoms with Gasteiger partial charge in [0.05, 0.1) is 6.61 Å². The molecule has 0 saturated carbocycles. The summed E-state index contributed by atoms with van der Waals surface area (Å²) in [5, 5.41) is 6.78. The summed E-state index contributed by atoms with van der Waals surface area (Å²) in [6.45, 7) is 6.54. The Kier molecular flexibility index (Phi) is 7.48. The first-order valence-corrected chi connectivity index (χ1v) is 8.70. The van der Waals surface area contributed by atoms with Gasteiger partial charge in [0.15, 0.2) is 5.96 Å². The summed E-state index contributed by atoms with van der Waals surface area (Å²) in [4.78, 5) is 4.31. The van der Waals surface area contributed by atoms with Crippen molar-refractivity contribution >= 4 is 5.96 Å². The predicted molar refractivity (Wildman–Crippen MR) is 105 cm³/mol. The van der Waals surface area contributed by atoms with Crippen LogP contribution < -0.4 is 10.6 Å². The van der Waals surface area contributed by atoms with Gasteiger partial charge in [-0.2, -0.15) is 0 Å². The molecule has 4 nitrogen and oxygen atoms in total. The van der Waals surface area contributed by atoms with Gasteiger partial charge in [0.25, 0.3) is 0 Å². The summed E-state index contributed by atoms with van der Waals surface area (Å²) >= 11 is 0. The molecule has 2 aromatic rings. The van der Waals surface area contributed by atoms with Crippen LogP contribution in [0.1, 0.15) is 35.1 Å². The van der Waals surface area contributed by atoms with Gasteiger partial charge in [0, 0.05) is 27.2 Å². The molecule has 4 heteroatoms. The molecule has 134 valence electrons. The molecule has 1 atom stereocenters. The minimum Gasteiger partial charge on any atom is -0.380 e. The van der Waals surface area contributed by atoms with Crippen molar-refractivity contribution in [3.05, 3.63) is 70.8 Å². The van der Waals surface area contributed by atoms with E-state index in [1.807, 2.05) is 0 Å². The average Bonchev–Trinajstić information content (AvgIpc) is 2.63. The summed E-state index contributed by atoms with van der Waals surface area (Å²) in [7, 11) is 3.51. The molecule has 2 aromatic carbocycles. The lowest BCUT2D eigenvalue weighted by atomic mass is 10.0. The molecule has 0 radical (unpaired) electrons. The quantitative estimate of drug-likeness (QED) is 0.598. The molecule has 2 N–H and O–H groups in total. The first-order chi connectivity index (χ1) is 12.1. The van der Waals surface area contributed by atoms with Gasteiger partial charge < -0.3 is 15.4 Å². The molecule has 0 saturated heterocycles. The van der Waals surface area contributed by atoms with Crippen LogP contribution in [-0.4, -0.2) is 26.7 Å². The summed E-state index contributed by atoms with van der Waals surface area (Å²) < 4.78 is 5.19. The second-order valence-electron chi connectivity index (χ2n) is 6.37. The number of hydrogen-bond acceptors (Lipinski definition) is 2. The van der Waals surface area contributed by atoms with Crippen molar-refractivity contribution < 1.29 is 4.74 Å². The molecule has 0 aliphatic heterocycles. The van der Waals surface area contributed by atoms with Crippen molar-refractivity contribution in [2.45, 2.75) is 32.9 Å². The molecule has 1 unspecified atom stereocenters. The van der Waals surface area contributed by atoms with Crippen LogP contribution in [-0.2, 0) is 17.9 Å². The number of aliphatic imine (C=N–C) groups is 1. The van der Waals surface area contributed by atoms with Gasteiger partial charge in [0.2, 0.25) is 0 Å². The summed E-state index contributed by atoms with van der Waals surface area (Å²) in [5.41, 5.74) is 5.01. The van der Waals surface area contributed by atoms with Gasteiger partial charge in [-0.1, -0.05) is 61.0 Å². The average molecular weight is 339 g/mol. The van der Waals surface area contributed by atoms with E-state index in [2.05, 4.69) is 78.0 Å². The van der Waals surface area contributed by atoms with Gasteiger partial charge in [-0.05, 0) is 29.5 Å². The smallest absolute Gasteiger partial charge is 0.191 e. The fourth-order valence-electron chi connectivity index (χ4n) is 2.67. The summed E-state index contributed by atoms with van der Waals surface area (Å²) in [5.74, 6) is 1.24. The van der Waals surface area contributed by atoms with Crippen LogP contribution in [0.15, 0.2) is 53.5 Å². The molecule has 0 aromatic heterocycles. The van der Waals surface area contributed by atoms with E-state index in [0.29, 0.717) is 12.5 Å². The number of aryl methyl sites for hydroxylation is 1. The summed E-state index contributed by atoms with van der Waals surface area (Å²) in [6.07, 6.45) is 0. The Morgan fingerprint density at radius 3 is 2.48 bits per heavy atom. The Hall–Kier alpha value is -2.33. The Labute approximate surface area is 151 Å². The topological polar surface area (TPSA) is 45.7 Å². The van der Waals surface area contributed by atoms with Gasteiger partial charge in [-0.25, -0.2) is 0 Å². The number of guanidine groups is 1. The molecule has 0 aliphatic carbocycles. The van der Waals surface area contributed by atoms with Crippen molar-refractivity contribution in [3.8, 4) is 0 Å². The largest absolute Gasteiger partial charge is 0.380 e. The minimum absolute atomic E-state index is 0.421. The van der Waals surface area contributed by atoms with E-state index in [1.54, 1.807) is 14.2 Å². The third-order valence-corrected chi connectivity index (χ3v) is 4.21. The molecule has 0 heterocycles. The SMILES string of the molecule is CN=C(NCc1cccc(COC)c1)NCC(C)c1ccc(C)cc1. The number of benzene rings is 2. The van der Waals surface area contributed by atoms with E-state index >= 15 is 0 Å². The highest BCUT2D eigenvalue weighted by Gasteiger charge is 2.06. The lowest BCUT2D eigenvalue weighted by molar-refractivity contribution is 0.185. The second-order valence-corrected chi connectivity index (χ2v) is 6.37. The van der Waals surface area contributed by atoms with Crippen molar-refractivity contribution in [2.75, 3.05) is 20.7 Å². The second kappa shape index (κ2) is 9.84. The maximum atomic E-state index is 5.19. The highest BCUT2D eigenvalue weighted by atomic mass is 16.5. The number of methoxy groups -OCH3 is 1. The Balaban J connectivity index is 1.84. The van der Waals surface area contributed by atoms with Gasteiger partial charge >= 0.3 is 0 Å².